The molecule has 0 amide bonds. The quantitative estimate of drug-likeness (QED) is 0.772. The van der Waals surface area contributed by atoms with Gasteiger partial charge in [-0.15, -0.1) is 0 Å². The van der Waals surface area contributed by atoms with E-state index in [1.54, 1.807) is 6.07 Å². The number of benzene rings is 1. The molecule has 1 nitrogen and oxygen atoms in total. The Labute approximate surface area is 130 Å². The summed E-state index contributed by atoms with van der Waals surface area (Å²) >= 11 is 3.56. The maximum absolute atomic E-state index is 13.5. The molecule has 0 aliphatic heterocycles. The van der Waals surface area contributed by atoms with Crippen LogP contribution in [-0.2, 0) is 6.42 Å². The lowest BCUT2D eigenvalue weighted by Gasteiger charge is -2.25. The van der Waals surface area contributed by atoms with Crippen LogP contribution < -0.4 is 5.32 Å². The highest BCUT2D eigenvalue weighted by molar-refractivity contribution is 9.10. The molecule has 20 heavy (non-hydrogen) atoms. The lowest BCUT2D eigenvalue weighted by molar-refractivity contribution is 0.312. The van der Waals surface area contributed by atoms with Gasteiger partial charge in [0.25, 0.3) is 0 Å². The molecule has 2 rings (SSSR count). The van der Waals surface area contributed by atoms with Crippen molar-refractivity contribution >= 4 is 15.9 Å². The van der Waals surface area contributed by atoms with Crippen LogP contribution in [0.15, 0.2) is 22.7 Å². The van der Waals surface area contributed by atoms with Gasteiger partial charge in [-0.2, -0.15) is 0 Å². The topological polar surface area (TPSA) is 12.0 Å². The maximum Gasteiger partial charge on any atom is 0.123 e. The molecule has 1 saturated carbocycles. The van der Waals surface area contributed by atoms with Gasteiger partial charge in [0, 0.05) is 10.5 Å². The molecule has 1 aromatic carbocycles. The molecule has 0 saturated heterocycles. The summed E-state index contributed by atoms with van der Waals surface area (Å²) in [5, 5.41) is 3.57. The van der Waals surface area contributed by atoms with Crippen molar-refractivity contribution in [1.29, 1.82) is 0 Å². The second kappa shape index (κ2) is 7.56. The van der Waals surface area contributed by atoms with E-state index in [9.17, 15) is 4.39 Å². The Bertz CT molecular complexity index is 427. The van der Waals surface area contributed by atoms with Gasteiger partial charge in [-0.25, -0.2) is 4.39 Å². The smallest absolute Gasteiger partial charge is 0.123 e. The summed E-state index contributed by atoms with van der Waals surface area (Å²) in [6, 6.07) is 5.54. The van der Waals surface area contributed by atoms with Crippen molar-refractivity contribution in [2.75, 3.05) is 6.54 Å². The van der Waals surface area contributed by atoms with Crippen LogP contribution in [0.3, 0.4) is 0 Å². The zero-order chi connectivity index (χ0) is 14.5. The first-order valence-electron chi connectivity index (χ1n) is 7.73. The van der Waals surface area contributed by atoms with E-state index >= 15 is 0 Å². The number of halogens is 2. The van der Waals surface area contributed by atoms with Crippen LogP contribution >= 0.6 is 15.9 Å². The van der Waals surface area contributed by atoms with Gasteiger partial charge in [0.15, 0.2) is 0 Å². The molecule has 0 aromatic heterocycles. The predicted octanol–water partition coefficient (Wildman–Crippen LogP) is 4.94. The molecule has 1 N–H and O–H groups in total. The third-order valence-electron chi connectivity index (χ3n) is 4.34. The van der Waals surface area contributed by atoms with Gasteiger partial charge in [0.05, 0.1) is 0 Å². The van der Waals surface area contributed by atoms with E-state index in [2.05, 4.69) is 35.1 Å². The number of hydrogen-bond donors (Lipinski definition) is 1. The zero-order valence-corrected chi connectivity index (χ0v) is 14.0. The van der Waals surface area contributed by atoms with E-state index < -0.39 is 0 Å². The van der Waals surface area contributed by atoms with Gasteiger partial charge in [0.1, 0.15) is 5.82 Å². The third-order valence-corrected chi connectivity index (χ3v) is 5.12. The Morgan fingerprint density at radius 3 is 2.65 bits per heavy atom. The minimum absolute atomic E-state index is 0.134. The first kappa shape index (κ1) is 16.0. The Kier molecular flexibility index (Phi) is 6.03. The first-order valence-corrected chi connectivity index (χ1v) is 8.53. The van der Waals surface area contributed by atoms with Crippen molar-refractivity contribution in [3.63, 3.8) is 0 Å². The predicted molar refractivity (Wildman–Crippen MR) is 86.4 cm³/mol. The normalized spacial score (nSPS) is 17.9. The van der Waals surface area contributed by atoms with Crippen LogP contribution in [0.2, 0.25) is 0 Å². The average Bonchev–Trinajstić information content (AvgIpc) is 2.92. The number of hydrogen-bond acceptors (Lipinski definition) is 1. The largest absolute Gasteiger partial charge is 0.314 e. The molecule has 1 fully saturated rings. The second-order valence-electron chi connectivity index (χ2n) is 6.31. The van der Waals surface area contributed by atoms with E-state index in [4.69, 9.17) is 0 Å². The average molecular weight is 342 g/mol. The van der Waals surface area contributed by atoms with Crippen molar-refractivity contribution in [3.05, 3.63) is 34.1 Å². The molecule has 1 unspecified atom stereocenters. The number of nitrogens with one attached hydrogen (secondary N) is 1. The lowest BCUT2D eigenvalue weighted by Crippen LogP contribution is -2.33. The van der Waals surface area contributed by atoms with E-state index in [0.717, 1.165) is 28.9 Å². The summed E-state index contributed by atoms with van der Waals surface area (Å²) in [5.74, 6) is 1.26. The van der Waals surface area contributed by atoms with E-state index in [1.165, 1.54) is 31.7 Å². The number of rotatable bonds is 6. The maximum atomic E-state index is 13.5. The monoisotopic (exact) mass is 341 g/mol. The van der Waals surface area contributed by atoms with Crippen LogP contribution in [-0.4, -0.2) is 12.6 Å². The van der Waals surface area contributed by atoms with Gasteiger partial charge < -0.3 is 5.32 Å². The summed E-state index contributed by atoms with van der Waals surface area (Å²) in [6.07, 6.45) is 6.33. The zero-order valence-electron chi connectivity index (χ0n) is 12.5. The fourth-order valence-electron chi connectivity index (χ4n) is 3.20. The fourth-order valence-corrected chi connectivity index (χ4v) is 3.61. The van der Waals surface area contributed by atoms with Gasteiger partial charge in [-0.1, -0.05) is 55.5 Å². The minimum atomic E-state index is -0.134. The van der Waals surface area contributed by atoms with Crippen LogP contribution in [0.4, 0.5) is 4.39 Å². The van der Waals surface area contributed by atoms with Crippen molar-refractivity contribution in [2.45, 2.75) is 52.0 Å². The van der Waals surface area contributed by atoms with Gasteiger partial charge in [0.2, 0.25) is 0 Å². The fraction of sp³-hybridized carbons (Fsp3) is 0.647. The molecule has 0 radical (unpaired) electrons. The van der Waals surface area contributed by atoms with Crippen molar-refractivity contribution in [2.24, 2.45) is 11.8 Å². The lowest BCUT2D eigenvalue weighted by atomic mass is 9.85. The van der Waals surface area contributed by atoms with Crippen molar-refractivity contribution in [3.8, 4) is 0 Å². The SMILES string of the molecule is CC(C)NCC(Cc1cc(F)ccc1Br)C1CCCC1. The first-order chi connectivity index (χ1) is 9.56. The highest BCUT2D eigenvalue weighted by Crippen LogP contribution is 2.34. The molecule has 0 heterocycles. The van der Waals surface area contributed by atoms with Gasteiger partial charge in [-0.05, 0) is 48.6 Å². The van der Waals surface area contributed by atoms with E-state index in [0.29, 0.717) is 12.0 Å². The molecule has 0 bridgehead atoms. The van der Waals surface area contributed by atoms with Gasteiger partial charge >= 0.3 is 0 Å². The Hall–Kier alpha value is -0.410. The molecule has 3 heteroatoms. The van der Waals surface area contributed by atoms with Crippen LogP contribution in [0, 0.1) is 17.7 Å². The van der Waals surface area contributed by atoms with Crippen LogP contribution in [0.5, 0.6) is 0 Å². The summed E-state index contributed by atoms with van der Waals surface area (Å²) in [5.41, 5.74) is 1.10. The second-order valence-corrected chi connectivity index (χ2v) is 7.16. The Morgan fingerprint density at radius 1 is 1.30 bits per heavy atom. The summed E-state index contributed by atoms with van der Waals surface area (Å²) in [6.45, 7) is 5.40. The molecule has 112 valence electrons. The highest BCUT2D eigenvalue weighted by atomic mass is 79.9. The van der Waals surface area contributed by atoms with E-state index in [1.807, 2.05) is 6.07 Å². The van der Waals surface area contributed by atoms with Crippen LogP contribution in [0.25, 0.3) is 0 Å². The molecule has 0 spiro atoms. The highest BCUT2D eigenvalue weighted by Gasteiger charge is 2.25. The summed E-state index contributed by atoms with van der Waals surface area (Å²) in [4.78, 5) is 0. The van der Waals surface area contributed by atoms with Crippen molar-refractivity contribution in [1.82, 2.24) is 5.32 Å². The minimum Gasteiger partial charge on any atom is -0.314 e. The molecule has 1 aliphatic carbocycles. The molecular weight excluding hydrogens is 317 g/mol. The summed E-state index contributed by atoms with van der Waals surface area (Å²) < 4.78 is 14.5. The van der Waals surface area contributed by atoms with Crippen molar-refractivity contribution < 1.29 is 4.39 Å². The third kappa shape index (κ3) is 4.56. The van der Waals surface area contributed by atoms with E-state index in [-0.39, 0.29) is 5.82 Å². The standard InChI is InChI=1S/C17H25BrFN/c1-12(2)20-11-15(13-5-3-4-6-13)9-14-10-16(19)7-8-17(14)18/h7-8,10,12-13,15,20H,3-6,9,11H2,1-2H3. The molecule has 1 aromatic rings. The Morgan fingerprint density at radius 2 is 2.00 bits per heavy atom. The van der Waals surface area contributed by atoms with Gasteiger partial charge in [-0.3, -0.25) is 0 Å². The van der Waals surface area contributed by atoms with Crippen LogP contribution in [0.1, 0.15) is 45.1 Å². The Balaban J connectivity index is 2.07. The molecule has 1 atom stereocenters. The molecular formula is C17H25BrFN. The summed E-state index contributed by atoms with van der Waals surface area (Å²) in [7, 11) is 0. The molecule has 1 aliphatic rings.